The topological polar surface area (TPSA) is 75.6 Å². The number of ether oxygens (including phenoxy) is 1. The number of carbonyl (C=O) groups excluding carboxylic acids is 1. The van der Waals surface area contributed by atoms with Crippen LogP contribution in [0.5, 0.6) is 0 Å². The van der Waals surface area contributed by atoms with Crippen molar-refractivity contribution in [2.24, 2.45) is 11.8 Å². The molecule has 0 radical (unpaired) electrons. The van der Waals surface area contributed by atoms with Gasteiger partial charge in [0.2, 0.25) is 5.91 Å². The summed E-state index contributed by atoms with van der Waals surface area (Å²) in [4.78, 5) is 21.8. The quantitative estimate of drug-likeness (QED) is 0.650. The van der Waals surface area contributed by atoms with E-state index in [1.54, 1.807) is 14.0 Å². The summed E-state index contributed by atoms with van der Waals surface area (Å²) < 4.78 is 4.94. The van der Waals surface area contributed by atoms with Crippen LogP contribution >= 0.6 is 0 Å². The van der Waals surface area contributed by atoms with Gasteiger partial charge in [0.25, 0.3) is 0 Å². The monoisotopic (exact) mass is 231 g/mol. The van der Waals surface area contributed by atoms with E-state index in [0.29, 0.717) is 13.2 Å². The zero-order chi connectivity index (χ0) is 12.6. The molecular formula is C11H21NO4. The Bertz CT molecular complexity index is 230. The van der Waals surface area contributed by atoms with Gasteiger partial charge in [0.05, 0.1) is 6.61 Å². The van der Waals surface area contributed by atoms with Gasteiger partial charge in [-0.05, 0) is 11.8 Å². The molecular weight excluding hydrogens is 210 g/mol. The maximum Gasteiger partial charge on any atom is 0.303 e. The van der Waals surface area contributed by atoms with E-state index in [2.05, 4.69) is 5.32 Å². The van der Waals surface area contributed by atoms with E-state index in [1.807, 2.05) is 6.92 Å². The minimum Gasteiger partial charge on any atom is -0.481 e. The second-order valence-corrected chi connectivity index (χ2v) is 4.27. The van der Waals surface area contributed by atoms with Crippen molar-refractivity contribution in [3.05, 3.63) is 0 Å². The second kappa shape index (κ2) is 8.10. The van der Waals surface area contributed by atoms with Crippen LogP contribution in [0, 0.1) is 11.8 Å². The highest BCUT2D eigenvalue weighted by Crippen LogP contribution is 2.06. The number of amides is 1. The molecule has 0 aliphatic rings. The maximum atomic E-state index is 11.4. The summed E-state index contributed by atoms with van der Waals surface area (Å²) in [6.45, 7) is 4.90. The van der Waals surface area contributed by atoms with Crippen LogP contribution in [0.15, 0.2) is 0 Å². The summed E-state index contributed by atoms with van der Waals surface area (Å²) in [7, 11) is 1.62. The van der Waals surface area contributed by atoms with Crippen LogP contribution in [0.2, 0.25) is 0 Å². The average molecular weight is 231 g/mol. The highest BCUT2D eigenvalue weighted by molar-refractivity contribution is 5.77. The lowest BCUT2D eigenvalue weighted by atomic mass is 10.0. The maximum absolute atomic E-state index is 11.4. The summed E-state index contributed by atoms with van der Waals surface area (Å²) in [6.07, 6.45) is 0.285. The second-order valence-electron chi connectivity index (χ2n) is 4.27. The third kappa shape index (κ3) is 8.23. The molecule has 0 saturated carbocycles. The van der Waals surface area contributed by atoms with Crippen LogP contribution in [0.25, 0.3) is 0 Å². The molecule has 2 unspecified atom stereocenters. The van der Waals surface area contributed by atoms with Crippen LogP contribution in [0.4, 0.5) is 0 Å². The van der Waals surface area contributed by atoms with Crippen molar-refractivity contribution < 1.29 is 19.4 Å². The van der Waals surface area contributed by atoms with Gasteiger partial charge in [-0.3, -0.25) is 9.59 Å². The molecule has 1 amide bonds. The van der Waals surface area contributed by atoms with Gasteiger partial charge in [0, 0.05) is 26.5 Å². The highest BCUT2D eigenvalue weighted by Gasteiger charge is 2.12. The molecule has 0 fully saturated rings. The fourth-order valence-corrected chi connectivity index (χ4v) is 1.39. The first kappa shape index (κ1) is 14.9. The minimum absolute atomic E-state index is 0.0288. The molecule has 0 aromatic carbocycles. The number of methoxy groups -OCH3 is 1. The van der Waals surface area contributed by atoms with Crippen molar-refractivity contribution in [2.75, 3.05) is 20.3 Å². The number of aliphatic carboxylic acids is 1. The van der Waals surface area contributed by atoms with Gasteiger partial charge in [-0.15, -0.1) is 0 Å². The standard InChI is InChI=1S/C11H21NO4/c1-8(5-11(14)15)4-10(13)12-6-9(2)7-16-3/h8-9H,4-7H2,1-3H3,(H,12,13)(H,14,15). The molecule has 0 aromatic rings. The molecule has 0 aromatic heterocycles. The Morgan fingerprint density at radius 3 is 2.38 bits per heavy atom. The third-order valence-electron chi connectivity index (χ3n) is 2.16. The lowest BCUT2D eigenvalue weighted by Crippen LogP contribution is -2.31. The number of hydrogen-bond donors (Lipinski definition) is 2. The van der Waals surface area contributed by atoms with E-state index < -0.39 is 5.97 Å². The number of nitrogens with one attached hydrogen (secondary N) is 1. The molecule has 5 heteroatoms. The van der Waals surface area contributed by atoms with Crippen molar-refractivity contribution in [3.8, 4) is 0 Å². The predicted molar refractivity (Wildman–Crippen MR) is 60.1 cm³/mol. The fourth-order valence-electron chi connectivity index (χ4n) is 1.39. The predicted octanol–water partition coefficient (Wildman–Crippen LogP) is 0.886. The summed E-state index contributed by atoms with van der Waals surface area (Å²) in [5.41, 5.74) is 0. The van der Waals surface area contributed by atoms with Gasteiger partial charge in [0.15, 0.2) is 0 Å². The van der Waals surface area contributed by atoms with Crippen LogP contribution in [-0.2, 0) is 14.3 Å². The van der Waals surface area contributed by atoms with Gasteiger partial charge < -0.3 is 15.2 Å². The van der Waals surface area contributed by atoms with E-state index in [-0.39, 0.29) is 30.6 Å². The van der Waals surface area contributed by atoms with Crippen LogP contribution in [0.3, 0.4) is 0 Å². The Balaban J connectivity index is 3.69. The Morgan fingerprint density at radius 1 is 1.25 bits per heavy atom. The van der Waals surface area contributed by atoms with E-state index in [0.717, 1.165) is 0 Å². The van der Waals surface area contributed by atoms with Crippen LogP contribution < -0.4 is 5.32 Å². The van der Waals surface area contributed by atoms with Crippen molar-refractivity contribution in [1.82, 2.24) is 5.32 Å². The molecule has 16 heavy (non-hydrogen) atoms. The number of carboxylic acids is 1. The molecule has 0 aliphatic heterocycles. The summed E-state index contributed by atoms with van der Waals surface area (Å²) in [5.74, 6) is -0.830. The van der Waals surface area contributed by atoms with E-state index in [4.69, 9.17) is 9.84 Å². The smallest absolute Gasteiger partial charge is 0.303 e. The van der Waals surface area contributed by atoms with Crippen molar-refractivity contribution in [2.45, 2.75) is 26.7 Å². The van der Waals surface area contributed by atoms with E-state index in [9.17, 15) is 9.59 Å². The van der Waals surface area contributed by atoms with Crippen molar-refractivity contribution >= 4 is 11.9 Å². The first-order valence-electron chi connectivity index (χ1n) is 5.43. The van der Waals surface area contributed by atoms with Gasteiger partial charge in [-0.2, -0.15) is 0 Å². The number of hydrogen-bond acceptors (Lipinski definition) is 3. The van der Waals surface area contributed by atoms with Crippen molar-refractivity contribution in [1.29, 1.82) is 0 Å². The van der Waals surface area contributed by atoms with Gasteiger partial charge in [0.1, 0.15) is 0 Å². The zero-order valence-corrected chi connectivity index (χ0v) is 10.2. The van der Waals surface area contributed by atoms with Crippen LogP contribution in [-0.4, -0.2) is 37.2 Å². The minimum atomic E-state index is -0.868. The normalized spacial score (nSPS) is 14.2. The van der Waals surface area contributed by atoms with E-state index >= 15 is 0 Å². The third-order valence-corrected chi connectivity index (χ3v) is 2.16. The molecule has 0 aliphatic carbocycles. The Kier molecular flexibility index (Phi) is 7.54. The molecule has 0 spiro atoms. The molecule has 2 N–H and O–H groups in total. The Labute approximate surface area is 96.2 Å². The Hall–Kier alpha value is -1.10. The molecule has 0 heterocycles. The average Bonchev–Trinajstić information content (AvgIpc) is 2.13. The first-order chi connectivity index (χ1) is 7.45. The fraction of sp³-hybridized carbons (Fsp3) is 0.818. The first-order valence-corrected chi connectivity index (χ1v) is 5.43. The van der Waals surface area contributed by atoms with Crippen LogP contribution in [0.1, 0.15) is 26.7 Å². The summed E-state index contributed by atoms with van der Waals surface area (Å²) in [5, 5.41) is 11.3. The van der Waals surface area contributed by atoms with Crippen molar-refractivity contribution in [3.63, 3.8) is 0 Å². The molecule has 0 saturated heterocycles. The number of carboxylic acid groups (broad SMARTS) is 1. The lowest BCUT2D eigenvalue weighted by Gasteiger charge is -2.13. The summed E-state index contributed by atoms with van der Waals surface area (Å²) in [6, 6.07) is 0. The largest absolute Gasteiger partial charge is 0.481 e. The molecule has 2 atom stereocenters. The molecule has 5 nitrogen and oxygen atoms in total. The summed E-state index contributed by atoms with van der Waals surface area (Å²) >= 11 is 0. The number of carbonyl (C=O) groups is 2. The molecule has 0 rings (SSSR count). The van der Waals surface area contributed by atoms with Gasteiger partial charge in [-0.25, -0.2) is 0 Å². The SMILES string of the molecule is COCC(C)CNC(=O)CC(C)CC(=O)O. The lowest BCUT2D eigenvalue weighted by molar-refractivity contribution is -0.138. The molecule has 94 valence electrons. The molecule has 0 bridgehead atoms. The zero-order valence-electron chi connectivity index (χ0n) is 10.2. The number of rotatable bonds is 8. The Morgan fingerprint density at radius 2 is 1.88 bits per heavy atom. The van der Waals surface area contributed by atoms with E-state index in [1.165, 1.54) is 0 Å². The van der Waals surface area contributed by atoms with Gasteiger partial charge >= 0.3 is 5.97 Å². The highest BCUT2D eigenvalue weighted by atomic mass is 16.5. The van der Waals surface area contributed by atoms with Gasteiger partial charge in [-0.1, -0.05) is 13.8 Å².